The molecule has 1 aliphatic carbocycles. The van der Waals surface area contributed by atoms with E-state index in [1.165, 1.54) is 0 Å². The average Bonchev–Trinajstić information content (AvgIpc) is 2.50. The Labute approximate surface area is 148 Å². The van der Waals surface area contributed by atoms with Crippen molar-refractivity contribution in [1.29, 1.82) is 0 Å². The Morgan fingerprint density at radius 3 is 2.48 bits per heavy atom. The summed E-state index contributed by atoms with van der Waals surface area (Å²) in [6.07, 6.45) is 0. The third kappa shape index (κ3) is 5.10. The van der Waals surface area contributed by atoms with Gasteiger partial charge in [0.1, 0.15) is 19.8 Å². The molecule has 0 aromatic heterocycles. The monoisotopic (exact) mass is 383 g/mol. The SMILES string of the molecule is COc1cc2nc3ccc(=[N+](C)C)cc-3sc2cc1N.O=S(=O)([O-])O. The second-order valence-electron chi connectivity index (χ2n) is 5.25. The van der Waals surface area contributed by atoms with Gasteiger partial charge in [-0.1, -0.05) is 0 Å². The lowest BCUT2D eigenvalue weighted by Crippen LogP contribution is -2.21. The quantitative estimate of drug-likeness (QED) is 0.211. The molecule has 0 amide bonds. The summed E-state index contributed by atoms with van der Waals surface area (Å²) in [7, 11) is 0.762. The topological polar surface area (TPSA) is 129 Å². The lowest BCUT2D eigenvalue weighted by Gasteiger charge is -2.09. The Morgan fingerprint density at radius 1 is 1.28 bits per heavy atom. The molecule has 10 heteroatoms. The molecule has 1 aromatic carbocycles. The third-order valence-electron chi connectivity index (χ3n) is 3.23. The molecular weight excluding hydrogens is 366 g/mol. The molecule has 0 fully saturated rings. The van der Waals surface area contributed by atoms with Crippen molar-refractivity contribution >= 4 is 37.6 Å². The number of hydrogen-bond donors (Lipinski definition) is 2. The minimum Gasteiger partial charge on any atom is -0.726 e. The van der Waals surface area contributed by atoms with Gasteiger partial charge in [-0.15, -0.1) is 11.3 Å². The zero-order valence-electron chi connectivity index (χ0n) is 13.8. The Kier molecular flexibility index (Phi) is 5.58. The molecule has 1 aromatic rings. The summed E-state index contributed by atoms with van der Waals surface area (Å²) in [6, 6.07) is 10.1. The molecule has 0 bridgehead atoms. The van der Waals surface area contributed by atoms with Crippen molar-refractivity contribution in [3.05, 3.63) is 35.7 Å². The highest BCUT2D eigenvalue weighted by atomic mass is 32.3. The Hall–Kier alpha value is -2.27. The van der Waals surface area contributed by atoms with Gasteiger partial charge in [-0.2, -0.15) is 0 Å². The van der Waals surface area contributed by atoms with Gasteiger partial charge in [0, 0.05) is 18.2 Å². The molecule has 0 radical (unpaired) electrons. The van der Waals surface area contributed by atoms with Crippen LogP contribution < -0.4 is 20.4 Å². The maximum absolute atomic E-state index is 8.63. The first kappa shape index (κ1) is 19.1. The van der Waals surface area contributed by atoms with Crippen LogP contribution in [0.1, 0.15) is 0 Å². The number of benzene rings is 2. The summed E-state index contributed by atoms with van der Waals surface area (Å²) in [4.78, 5) is 5.83. The predicted octanol–water partition coefficient (Wildman–Crippen LogP) is 1.03. The standard InChI is InChI=1S/C15H15N3OS.H2O4S/c1-18(2)9-4-5-11-14(6-9)20-15-7-10(16)13(19-3)8-12(15)17-11;1-5(2,3)4/h4-8,16H,1-3H3;(H2,1,2,3,4). The van der Waals surface area contributed by atoms with E-state index in [4.69, 9.17) is 28.0 Å². The number of anilines is 1. The molecule has 8 nitrogen and oxygen atoms in total. The van der Waals surface area contributed by atoms with E-state index in [-0.39, 0.29) is 0 Å². The number of hydrogen-bond acceptors (Lipinski definition) is 7. The highest BCUT2D eigenvalue weighted by Gasteiger charge is 2.11. The maximum Gasteiger partial charge on any atom is 0.215 e. The second kappa shape index (κ2) is 7.31. The molecule has 134 valence electrons. The number of methoxy groups -OCH3 is 1. The van der Waals surface area contributed by atoms with E-state index < -0.39 is 10.4 Å². The van der Waals surface area contributed by atoms with Crippen LogP contribution in [0, 0.1) is 0 Å². The van der Waals surface area contributed by atoms with Crippen molar-refractivity contribution in [2.75, 3.05) is 26.9 Å². The van der Waals surface area contributed by atoms with Crippen LogP contribution in [0.2, 0.25) is 0 Å². The summed E-state index contributed by atoms with van der Waals surface area (Å²) in [6.45, 7) is 0. The summed E-state index contributed by atoms with van der Waals surface area (Å²) in [5, 5.41) is 1.16. The Balaban J connectivity index is 0.000000399. The van der Waals surface area contributed by atoms with Gasteiger partial charge in [-0.25, -0.2) is 18.0 Å². The van der Waals surface area contributed by atoms with E-state index in [1.807, 2.05) is 32.3 Å². The fourth-order valence-corrected chi connectivity index (χ4v) is 3.14. The molecule has 0 saturated carbocycles. The van der Waals surface area contributed by atoms with Crippen molar-refractivity contribution < 1.29 is 22.3 Å². The van der Waals surface area contributed by atoms with Crippen molar-refractivity contribution in [3.8, 4) is 16.3 Å². The molecule has 3 N–H and O–H groups in total. The first-order valence-corrected chi connectivity index (χ1v) is 9.13. The Bertz CT molecular complexity index is 1050. The Morgan fingerprint density at radius 2 is 1.92 bits per heavy atom. The zero-order chi connectivity index (χ0) is 18.8. The molecule has 1 heterocycles. The van der Waals surface area contributed by atoms with Crippen LogP contribution in [0.15, 0.2) is 30.3 Å². The first-order chi connectivity index (χ1) is 11.6. The molecule has 1 aliphatic heterocycles. The number of fused-ring (bicyclic) bond motifs is 2. The number of aromatic nitrogens is 1. The van der Waals surface area contributed by atoms with E-state index in [9.17, 15) is 0 Å². The number of nitrogens with two attached hydrogens (primary N) is 1. The summed E-state index contributed by atoms with van der Waals surface area (Å²) in [5.74, 6) is 0.668. The second-order valence-corrected chi connectivity index (χ2v) is 7.19. The highest BCUT2D eigenvalue weighted by molar-refractivity contribution is 7.79. The normalized spacial score (nSPS) is 11.1. The zero-order valence-corrected chi connectivity index (χ0v) is 15.4. The van der Waals surface area contributed by atoms with E-state index in [0.717, 1.165) is 26.1 Å². The maximum atomic E-state index is 8.63. The third-order valence-corrected chi connectivity index (χ3v) is 4.33. The van der Waals surface area contributed by atoms with Crippen LogP contribution in [0.25, 0.3) is 20.8 Å². The van der Waals surface area contributed by atoms with Crippen LogP contribution in [0.5, 0.6) is 5.75 Å². The van der Waals surface area contributed by atoms with Gasteiger partial charge in [0.15, 0.2) is 0 Å². The number of nitrogens with zero attached hydrogens (tertiary/aromatic N) is 2. The van der Waals surface area contributed by atoms with Crippen LogP contribution in [-0.2, 0) is 10.4 Å². The summed E-state index contributed by atoms with van der Waals surface area (Å²) < 4.78 is 41.2. The lowest BCUT2D eigenvalue weighted by molar-refractivity contribution is 0.366. The van der Waals surface area contributed by atoms with Crippen LogP contribution in [-0.4, -0.2) is 43.7 Å². The molecule has 2 aliphatic rings. The predicted molar refractivity (Wildman–Crippen MR) is 96.6 cm³/mol. The summed E-state index contributed by atoms with van der Waals surface area (Å²) >= 11 is 1.69. The van der Waals surface area contributed by atoms with Crippen LogP contribution >= 0.6 is 11.3 Å². The van der Waals surface area contributed by atoms with Gasteiger partial charge in [-0.05, 0) is 12.1 Å². The van der Waals surface area contributed by atoms with Gasteiger partial charge < -0.3 is 15.0 Å². The van der Waals surface area contributed by atoms with E-state index in [2.05, 4.69) is 21.7 Å². The molecule has 0 spiro atoms. The molecule has 0 atom stereocenters. The van der Waals surface area contributed by atoms with Gasteiger partial charge in [0.25, 0.3) is 0 Å². The largest absolute Gasteiger partial charge is 0.726 e. The first-order valence-electron chi connectivity index (χ1n) is 6.95. The van der Waals surface area contributed by atoms with Crippen molar-refractivity contribution in [2.45, 2.75) is 0 Å². The van der Waals surface area contributed by atoms with Gasteiger partial charge in [0.05, 0.1) is 33.6 Å². The van der Waals surface area contributed by atoms with Crippen molar-refractivity contribution in [3.63, 3.8) is 0 Å². The van der Waals surface area contributed by atoms with Crippen LogP contribution in [0.4, 0.5) is 5.69 Å². The lowest BCUT2D eigenvalue weighted by atomic mass is 10.2. The smallest absolute Gasteiger partial charge is 0.215 e. The van der Waals surface area contributed by atoms with E-state index in [0.29, 0.717) is 11.4 Å². The van der Waals surface area contributed by atoms with E-state index >= 15 is 0 Å². The van der Waals surface area contributed by atoms with Gasteiger partial charge in [0.2, 0.25) is 15.8 Å². The summed E-state index contributed by atoms with van der Waals surface area (Å²) in [5.41, 5.74) is 8.50. The minimum atomic E-state index is -4.92. The van der Waals surface area contributed by atoms with Crippen molar-refractivity contribution in [2.24, 2.45) is 0 Å². The van der Waals surface area contributed by atoms with Gasteiger partial charge in [-0.3, -0.25) is 4.55 Å². The van der Waals surface area contributed by atoms with E-state index in [1.54, 1.807) is 18.4 Å². The molecular formula is C15H17N3O5S2. The van der Waals surface area contributed by atoms with Crippen molar-refractivity contribution in [1.82, 2.24) is 9.56 Å². The molecule has 25 heavy (non-hydrogen) atoms. The van der Waals surface area contributed by atoms with Crippen LogP contribution in [0.3, 0.4) is 0 Å². The molecule has 0 unspecified atom stereocenters. The number of nitrogen functional groups attached to an aromatic ring is 1. The molecule has 0 saturated heterocycles. The fraction of sp³-hybridized carbons (Fsp3) is 0.200. The fourth-order valence-electron chi connectivity index (χ4n) is 2.11. The highest BCUT2D eigenvalue weighted by Crippen LogP contribution is 2.34. The van der Waals surface area contributed by atoms with Gasteiger partial charge >= 0.3 is 0 Å². The number of rotatable bonds is 1. The molecule has 3 rings (SSSR count). The average molecular weight is 383 g/mol. The minimum absolute atomic E-state index is 0.640. The number of ether oxygens (including phenoxy) is 1.